The van der Waals surface area contributed by atoms with E-state index in [-0.39, 0.29) is 29.3 Å². The quantitative estimate of drug-likeness (QED) is 0.508. The molecule has 1 fully saturated rings. The van der Waals surface area contributed by atoms with Crippen molar-refractivity contribution in [3.8, 4) is 0 Å². The lowest BCUT2D eigenvalue weighted by atomic mass is 9.98. The van der Waals surface area contributed by atoms with E-state index in [1.165, 1.54) is 9.87 Å². The van der Waals surface area contributed by atoms with Gasteiger partial charge in [0.2, 0.25) is 21.8 Å². The first-order valence-corrected chi connectivity index (χ1v) is 14.9. The van der Waals surface area contributed by atoms with E-state index in [0.29, 0.717) is 48.9 Å². The largest absolute Gasteiger partial charge is 0.353 e. The minimum absolute atomic E-state index is 0.00773. The molecule has 0 radical (unpaired) electrons. The summed E-state index contributed by atoms with van der Waals surface area (Å²) in [5.74, 6) is -0.591. The molecule has 2 aromatic carbocycles. The average molecular weight is 577 g/mol. The Hall–Kier alpha value is -2.23. The highest BCUT2D eigenvalue weighted by Crippen LogP contribution is 2.39. The number of aryl methyl sites for hydroxylation is 1. The predicted molar refractivity (Wildman–Crippen MR) is 144 cm³/mol. The van der Waals surface area contributed by atoms with Gasteiger partial charge in [-0.15, -0.1) is 0 Å². The lowest BCUT2D eigenvalue weighted by Crippen LogP contribution is -2.47. The number of carbonyl (C=O) groups is 2. The molecular formula is C27H34BrN3O4S. The number of benzene rings is 2. The van der Waals surface area contributed by atoms with Crippen molar-refractivity contribution in [2.24, 2.45) is 5.92 Å². The van der Waals surface area contributed by atoms with E-state index in [9.17, 15) is 18.0 Å². The number of nitrogens with zero attached hydrogens (tertiary/aromatic N) is 2. The Morgan fingerprint density at radius 2 is 1.92 bits per heavy atom. The van der Waals surface area contributed by atoms with Crippen molar-refractivity contribution in [2.75, 3.05) is 24.5 Å². The Morgan fingerprint density at radius 1 is 1.17 bits per heavy atom. The minimum atomic E-state index is -3.90. The van der Waals surface area contributed by atoms with Crippen molar-refractivity contribution in [1.29, 1.82) is 0 Å². The van der Waals surface area contributed by atoms with E-state index < -0.39 is 15.9 Å². The van der Waals surface area contributed by atoms with Crippen molar-refractivity contribution in [1.82, 2.24) is 9.62 Å². The van der Waals surface area contributed by atoms with E-state index in [0.717, 1.165) is 18.4 Å². The third-order valence-corrected chi connectivity index (χ3v) is 9.40. The fraction of sp³-hybridized carbons (Fsp3) is 0.481. The topological polar surface area (TPSA) is 86.8 Å². The van der Waals surface area contributed by atoms with E-state index in [4.69, 9.17) is 0 Å². The molecule has 0 aromatic heterocycles. The summed E-state index contributed by atoms with van der Waals surface area (Å²) < 4.78 is 29.8. The highest BCUT2D eigenvalue weighted by molar-refractivity contribution is 9.10. The number of piperidine rings is 1. The van der Waals surface area contributed by atoms with Crippen LogP contribution in [0.3, 0.4) is 0 Å². The van der Waals surface area contributed by atoms with Gasteiger partial charge in [0.1, 0.15) is 4.90 Å². The van der Waals surface area contributed by atoms with Crippen LogP contribution in [-0.2, 0) is 32.5 Å². The molecule has 0 saturated carbocycles. The van der Waals surface area contributed by atoms with E-state index >= 15 is 0 Å². The molecule has 2 atom stereocenters. The van der Waals surface area contributed by atoms with Gasteiger partial charge in [0.05, 0.1) is 11.6 Å². The lowest BCUT2D eigenvalue weighted by molar-refractivity contribution is -0.126. The SMILES string of the molecule is CCC(=O)N1CCc2cc(Br)cc(S(=O)(=O)N3CCC[C@@H](C(=O)N[C@@H](C)CCc4ccccc4)C3)c21. The summed E-state index contributed by atoms with van der Waals surface area (Å²) in [6.07, 6.45) is 3.88. The van der Waals surface area contributed by atoms with Gasteiger partial charge in [0.15, 0.2) is 0 Å². The third kappa shape index (κ3) is 5.84. The maximum atomic E-state index is 13.8. The number of hydrogen-bond donors (Lipinski definition) is 1. The molecule has 4 rings (SSSR count). The second-order valence-corrected chi connectivity index (χ2v) is 12.5. The second kappa shape index (κ2) is 11.4. The Labute approximate surface area is 222 Å². The van der Waals surface area contributed by atoms with Crippen LogP contribution in [-0.4, -0.2) is 50.2 Å². The van der Waals surface area contributed by atoms with Crippen LogP contribution in [0.25, 0.3) is 0 Å². The maximum absolute atomic E-state index is 13.8. The Balaban J connectivity index is 1.47. The average Bonchev–Trinajstić information content (AvgIpc) is 3.30. The number of nitrogens with one attached hydrogen (secondary N) is 1. The summed E-state index contributed by atoms with van der Waals surface area (Å²) in [6, 6.07) is 13.6. The number of hydrogen-bond acceptors (Lipinski definition) is 4. The van der Waals surface area contributed by atoms with Gasteiger partial charge in [-0.05, 0) is 62.3 Å². The standard InChI is InChI=1S/C27H34BrN3O4S/c1-3-25(32)31-15-13-21-16-23(28)17-24(26(21)31)36(34,35)30-14-7-10-22(18-30)27(33)29-19(2)11-12-20-8-5-4-6-9-20/h4-6,8-9,16-17,19,22H,3,7,10-15,18H2,1-2H3,(H,29,33)/t19-,22+/m0/s1. The first-order valence-electron chi connectivity index (χ1n) is 12.7. The van der Waals surface area contributed by atoms with Crippen LogP contribution in [0.4, 0.5) is 5.69 Å². The summed E-state index contributed by atoms with van der Waals surface area (Å²) in [5.41, 5.74) is 2.57. The zero-order valence-electron chi connectivity index (χ0n) is 20.9. The van der Waals surface area contributed by atoms with Crippen LogP contribution < -0.4 is 10.2 Å². The fourth-order valence-electron chi connectivity index (χ4n) is 5.08. The summed E-state index contributed by atoms with van der Waals surface area (Å²) in [6.45, 7) is 4.75. The molecule has 1 saturated heterocycles. The number of sulfonamides is 1. The predicted octanol–water partition coefficient (Wildman–Crippen LogP) is 4.29. The number of anilines is 1. The molecule has 0 unspecified atom stereocenters. The summed E-state index contributed by atoms with van der Waals surface area (Å²) >= 11 is 3.45. The molecule has 2 amide bonds. The number of amides is 2. The molecule has 0 aliphatic carbocycles. The maximum Gasteiger partial charge on any atom is 0.245 e. The van der Waals surface area contributed by atoms with Crippen molar-refractivity contribution in [2.45, 2.75) is 63.3 Å². The van der Waals surface area contributed by atoms with Crippen LogP contribution >= 0.6 is 15.9 Å². The van der Waals surface area contributed by atoms with Gasteiger partial charge in [-0.25, -0.2) is 8.42 Å². The molecule has 0 spiro atoms. The number of rotatable bonds is 8. The Morgan fingerprint density at radius 3 is 2.64 bits per heavy atom. The smallest absolute Gasteiger partial charge is 0.245 e. The number of carbonyl (C=O) groups excluding carboxylic acids is 2. The molecule has 2 aliphatic rings. The van der Waals surface area contributed by atoms with Gasteiger partial charge in [0, 0.05) is 36.6 Å². The highest BCUT2D eigenvalue weighted by atomic mass is 79.9. The first-order chi connectivity index (χ1) is 17.2. The second-order valence-electron chi connectivity index (χ2n) is 9.70. The molecule has 194 valence electrons. The zero-order valence-corrected chi connectivity index (χ0v) is 23.3. The number of halogens is 1. The highest BCUT2D eigenvalue weighted by Gasteiger charge is 2.38. The molecule has 7 nitrogen and oxygen atoms in total. The molecule has 1 N–H and O–H groups in total. The first kappa shape index (κ1) is 26.8. The van der Waals surface area contributed by atoms with E-state index in [1.807, 2.05) is 31.2 Å². The van der Waals surface area contributed by atoms with Crippen molar-refractivity contribution in [3.63, 3.8) is 0 Å². The van der Waals surface area contributed by atoms with Crippen LogP contribution in [0.1, 0.15) is 50.7 Å². The normalized spacial score (nSPS) is 19.1. The minimum Gasteiger partial charge on any atom is -0.353 e. The van der Waals surface area contributed by atoms with Gasteiger partial charge < -0.3 is 10.2 Å². The summed E-state index contributed by atoms with van der Waals surface area (Å²) in [7, 11) is -3.90. The van der Waals surface area contributed by atoms with Crippen molar-refractivity contribution < 1.29 is 18.0 Å². The van der Waals surface area contributed by atoms with Crippen molar-refractivity contribution in [3.05, 3.63) is 58.1 Å². The van der Waals surface area contributed by atoms with Gasteiger partial charge in [-0.3, -0.25) is 9.59 Å². The van der Waals surface area contributed by atoms with Crippen LogP contribution in [0.2, 0.25) is 0 Å². The Bertz CT molecular complexity index is 1220. The summed E-state index contributed by atoms with van der Waals surface area (Å²) in [4.78, 5) is 27.4. The Kier molecular flexibility index (Phi) is 8.52. The van der Waals surface area contributed by atoms with Crippen molar-refractivity contribution >= 4 is 43.5 Å². The summed E-state index contributed by atoms with van der Waals surface area (Å²) in [5, 5.41) is 3.09. The van der Waals surface area contributed by atoms with E-state index in [1.54, 1.807) is 17.9 Å². The molecule has 36 heavy (non-hydrogen) atoms. The van der Waals surface area contributed by atoms with Gasteiger partial charge >= 0.3 is 0 Å². The van der Waals surface area contributed by atoms with Crippen LogP contribution in [0, 0.1) is 5.92 Å². The zero-order chi connectivity index (χ0) is 25.9. The van der Waals surface area contributed by atoms with E-state index in [2.05, 4.69) is 33.4 Å². The molecular weight excluding hydrogens is 542 g/mol. The fourth-order valence-corrected chi connectivity index (χ4v) is 7.52. The van der Waals surface area contributed by atoms with Gasteiger partial charge in [-0.1, -0.05) is 53.2 Å². The molecule has 0 bridgehead atoms. The van der Waals surface area contributed by atoms with Gasteiger partial charge in [0.25, 0.3) is 0 Å². The molecule has 9 heteroatoms. The van der Waals surface area contributed by atoms with Crippen LogP contribution in [0.15, 0.2) is 51.8 Å². The number of fused-ring (bicyclic) bond motifs is 1. The molecule has 2 aromatic rings. The molecule has 2 heterocycles. The lowest BCUT2D eigenvalue weighted by Gasteiger charge is -2.33. The monoisotopic (exact) mass is 575 g/mol. The van der Waals surface area contributed by atoms with Crippen LogP contribution in [0.5, 0.6) is 0 Å². The molecule has 2 aliphatic heterocycles. The third-order valence-electron chi connectivity index (χ3n) is 7.07. The van der Waals surface area contributed by atoms with Gasteiger partial charge in [-0.2, -0.15) is 4.31 Å².